The van der Waals surface area contributed by atoms with Crippen LogP contribution in [0.4, 0.5) is 0 Å². The molecule has 0 saturated carbocycles. The Hall–Kier alpha value is -1.85. The number of ether oxygens (including phenoxy) is 1. The summed E-state index contributed by atoms with van der Waals surface area (Å²) >= 11 is 0. The number of aliphatic hydroxyl groups is 1. The molecule has 0 aliphatic heterocycles. The first-order valence-corrected chi connectivity index (χ1v) is 6.46. The molecule has 0 amide bonds. The molecule has 0 heterocycles. The average molecular weight is 279 g/mol. The van der Waals surface area contributed by atoms with Crippen molar-refractivity contribution in [3.8, 4) is 5.75 Å². The normalized spacial score (nSPS) is 13.5. The molecule has 5 nitrogen and oxygen atoms in total. The quantitative estimate of drug-likeness (QED) is 0.600. The largest absolute Gasteiger partial charge is 0.497 e. The summed E-state index contributed by atoms with van der Waals surface area (Å²) in [6.45, 7) is 4.12. The Morgan fingerprint density at radius 3 is 2.60 bits per heavy atom. The number of hydrogen-bond donors (Lipinski definition) is 3. The van der Waals surface area contributed by atoms with Gasteiger partial charge >= 0.3 is 5.97 Å². The summed E-state index contributed by atoms with van der Waals surface area (Å²) in [4.78, 5) is 10.7. The van der Waals surface area contributed by atoms with E-state index in [4.69, 9.17) is 9.84 Å². The highest BCUT2D eigenvalue weighted by molar-refractivity contribution is 5.66. The first-order chi connectivity index (χ1) is 9.58. The average Bonchev–Trinajstić information content (AvgIpc) is 2.46. The molecule has 20 heavy (non-hydrogen) atoms. The van der Waals surface area contributed by atoms with Crippen molar-refractivity contribution < 1.29 is 19.7 Å². The predicted molar refractivity (Wildman–Crippen MR) is 76.8 cm³/mol. The van der Waals surface area contributed by atoms with Gasteiger partial charge in [-0.3, -0.25) is 4.79 Å². The van der Waals surface area contributed by atoms with Gasteiger partial charge in [0.05, 0.1) is 13.2 Å². The van der Waals surface area contributed by atoms with Crippen LogP contribution in [0.3, 0.4) is 0 Å². The maximum Gasteiger partial charge on any atom is 0.303 e. The number of hydrogen-bond acceptors (Lipinski definition) is 4. The summed E-state index contributed by atoms with van der Waals surface area (Å²) in [7, 11) is 1.58. The molecule has 0 aliphatic rings. The van der Waals surface area contributed by atoms with Gasteiger partial charge in [-0.15, -0.1) is 6.58 Å². The second-order valence-electron chi connectivity index (χ2n) is 4.45. The van der Waals surface area contributed by atoms with E-state index in [1.807, 2.05) is 0 Å². The third-order valence-corrected chi connectivity index (χ3v) is 3.03. The van der Waals surface area contributed by atoms with E-state index in [-0.39, 0.29) is 12.5 Å². The number of methoxy groups -OCH3 is 1. The van der Waals surface area contributed by atoms with Crippen molar-refractivity contribution >= 4 is 5.97 Å². The molecule has 0 radical (unpaired) electrons. The Balaban J connectivity index is 2.75. The summed E-state index contributed by atoms with van der Waals surface area (Å²) in [5.74, 6) is -0.167. The van der Waals surface area contributed by atoms with E-state index in [2.05, 4.69) is 11.9 Å². The van der Waals surface area contributed by atoms with Crippen molar-refractivity contribution in [3.63, 3.8) is 0 Å². The second kappa shape index (κ2) is 8.35. The maximum atomic E-state index is 10.7. The number of carbonyl (C=O) groups is 1. The third kappa shape index (κ3) is 5.03. The van der Waals surface area contributed by atoms with Crippen molar-refractivity contribution in [1.29, 1.82) is 0 Å². The van der Waals surface area contributed by atoms with E-state index in [0.717, 1.165) is 5.56 Å². The fourth-order valence-electron chi connectivity index (χ4n) is 1.92. The summed E-state index contributed by atoms with van der Waals surface area (Å²) in [5.41, 5.74) is 0.720. The molecule has 0 saturated heterocycles. The molecule has 110 valence electrons. The molecular formula is C15H21NO4. The van der Waals surface area contributed by atoms with Crippen LogP contribution >= 0.6 is 0 Å². The Morgan fingerprint density at radius 2 is 2.10 bits per heavy atom. The molecule has 3 N–H and O–H groups in total. The monoisotopic (exact) mass is 279 g/mol. The lowest BCUT2D eigenvalue weighted by atomic mass is 9.98. The number of carboxylic acid groups (broad SMARTS) is 1. The van der Waals surface area contributed by atoms with Gasteiger partial charge in [-0.05, 0) is 24.1 Å². The highest BCUT2D eigenvalue weighted by Crippen LogP contribution is 2.22. The van der Waals surface area contributed by atoms with Crippen molar-refractivity contribution in [2.75, 3.05) is 13.7 Å². The van der Waals surface area contributed by atoms with Crippen LogP contribution in [-0.2, 0) is 4.79 Å². The summed E-state index contributed by atoms with van der Waals surface area (Å²) in [5, 5.41) is 22.2. The zero-order chi connectivity index (χ0) is 15.0. The standard InChI is InChI=1S/C15H21NO4/c1-3-10-16-13(8-9-14(17)18)15(19)11-4-6-12(20-2)7-5-11/h3-7,13,15-16,19H,1,8-10H2,2H3,(H,17,18). The molecule has 2 atom stereocenters. The Labute approximate surface area is 118 Å². The van der Waals surface area contributed by atoms with E-state index in [9.17, 15) is 9.90 Å². The molecule has 1 rings (SSSR count). The minimum atomic E-state index is -0.877. The van der Waals surface area contributed by atoms with Gasteiger partial charge in [0.1, 0.15) is 5.75 Å². The van der Waals surface area contributed by atoms with Crippen molar-refractivity contribution in [1.82, 2.24) is 5.32 Å². The minimum absolute atomic E-state index is 0.00201. The maximum absolute atomic E-state index is 10.7. The van der Waals surface area contributed by atoms with Crippen LogP contribution in [0.2, 0.25) is 0 Å². The van der Waals surface area contributed by atoms with Gasteiger partial charge in [-0.2, -0.15) is 0 Å². The summed E-state index contributed by atoms with van der Waals surface area (Å²) < 4.78 is 5.07. The molecule has 0 fully saturated rings. The van der Waals surface area contributed by atoms with E-state index in [1.54, 1.807) is 37.5 Å². The van der Waals surface area contributed by atoms with Crippen LogP contribution in [-0.4, -0.2) is 35.9 Å². The molecule has 0 bridgehead atoms. The van der Waals surface area contributed by atoms with Crippen LogP contribution in [0.5, 0.6) is 5.75 Å². The first kappa shape index (κ1) is 16.2. The van der Waals surface area contributed by atoms with Crippen LogP contribution in [0.1, 0.15) is 24.5 Å². The Bertz CT molecular complexity index is 430. The third-order valence-electron chi connectivity index (χ3n) is 3.03. The van der Waals surface area contributed by atoms with Crippen molar-refractivity contribution in [3.05, 3.63) is 42.5 Å². The highest BCUT2D eigenvalue weighted by Gasteiger charge is 2.21. The van der Waals surface area contributed by atoms with Gasteiger partial charge < -0.3 is 20.3 Å². The number of aliphatic hydroxyl groups excluding tert-OH is 1. The van der Waals surface area contributed by atoms with E-state index in [0.29, 0.717) is 18.7 Å². The number of rotatable bonds is 9. The molecule has 5 heteroatoms. The van der Waals surface area contributed by atoms with Crippen LogP contribution < -0.4 is 10.1 Å². The predicted octanol–water partition coefficient (Wildman–Crippen LogP) is 1.74. The van der Waals surface area contributed by atoms with E-state index in [1.165, 1.54) is 0 Å². The second-order valence-corrected chi connectivity index (χ2v) is 4.45. The van der Waals surface area contributed by atoms with Crippen molar-refractivity contribution in [2.45, 2.75) is 25.0 Å². The number of carboxylic acids is 1. The minimum Gasteiger partial charge on any atom is -0.497 e. The number of benzene rings is 1. The molecule has 2 unspecified atom stereocenters. The van der Waals surface area contributed by atoms with Gasteiger partial charge in [0.15, 0.2) is 0 Å². The lowest BCUT2D eigenvalue weighted by Crippen LogP contribution is -2.35. The fraction of sp³-hybridized carbons (Fsp3) is 0.400. The highest BCUT2D eigenvalue weighted by atomic mass is 16.5. The molecule has 1 aromatic carbocycles. The van der Waals surface area contributed by atoms with Crippen LogP contribution in [0, 0.1) is 0 Å². The lowest BCUT2D eigenvalue weighted by molar-refractivity contribution is -0.137. The molecular weight excluding hydrogens is 258 g/mol. The number of nitrogens with one attached hydrogen (secondary N) is 1. The SMILES string of the molecule is C=CCNC(CCC(=O)O)C(O)c1ccc(OC)cc1. The molecule has 1 aromatic rings. The van der Waals surface area contributed by atoms with Gasteiger partial charge in [-0.25, -0.2) is 0 Å². The Kier molecular flexibility index (Phi) is 6.76. The topological polar surface area (TPSA) is 78.8 Å². The molecule has 0 spiro atoms. The molecule has 0 aliphatic carbocycles. The van der Waals surface area contributed by atoms with Crippen LogP contribution in [0.15, 0.2) is 36.9 Å². The fourth-order valence-corrected chi connectivity index (χ4v) is 1.92. The zero-order valence-corrected chi connectivity index (χ0v) is 11.6. The summed E-state index contributed by atoms with van der Waals surface area (Å²) in [6.07, 6.45) is 1.24. The Morgan fingerprint density at radius 1 is 1.45 bits per heavy atom. The van der Waals surface area contributed by atoms with Gasteiger partial charge in [-0.1, -0.05) is 18.2 Å². The van der Waals surface area contributed by atoms with E-state index >= 15 is 0 Å². The van der Waals surface area contributed by atoms with Gasteiger partial charge in [0, 0.05) is 19.0 Å². The van der Waals surface area contributed by atoms with E-state index < -0.39 is 12.1 Å². The smallest absolute Gasteiger partial charge is 0.303 e. The van der Waals surface area contributed by atoms with Crippen LogP contribution in [0.25, 0.3) is 0 Å². The van der Waals surface area contributed by atoms with Gasteiger partial charge in [0.2, 0.25) is 0 Å². The summed E-state index contributed by atoms with van der Waals surface area (Å²) in [6, 6.07) is 6.73. The molecule has 0 aromatic heterocycles. The first-order valence-electron chi connectivity index (χ1n) is 6.46. The van der Waals surface area contributed by atoms with Gasteiger partial charge in [0.25, 0.3) is 0 Å². The van der Waals surface area contributed by atoms with Crippen molar-refractivity contribution in [2.24, 2.45) is 0 Å². The number of aliphatic carboxylic acids is 1. The lowest BCUT2D eigenvalue weighted by Gasteiger charge is -2.23. The zero-order valence-electron chi connectivity index (χ0n) is 11.6.